The van der Waals surface area contributed by atoms with Crippen molar-refractivity contribution in [2.24, 2.45) is 7.05 Å². The molecule has 0 saturated heterocycles. The van der Waals surface area contributed by atoms with Crippen LogP contribution in [-0.2, 0) is 19.5 Å². The Morgan fingerprint density at radius 3 is 2.79 bits per heavy atom. The molecule has 0 aliphatic carbocycles. The summed E-state index contributed by atoms with van der Waals surface area (Å²) in [7, 11) is 1.99. The number of rotatable bonds is 3. The lowest BCUT2D eigenvalue weighted by Gasteiger charge is -2.09. The predicted octanol–water partition coefficient (Wildman–Crippen LogP) is 2.87. The van der Waals surface area contributed by atoms with Crippen LogP contribution in [0.4, 0.5) is 0 Å². The van der Waals surface area contributed by atoms with Gasteiger partial charge in [-0.2, -0.15) is 0 Å². The second-order valence-corrected chi connectivity index (χ2v) is 4.91. The Morgan fingerprint density at radius 2 is 2.11 bits per heavy atom. The summed E-state index contributed by atoms with van der Waals surface area (Å²) in [5.74, 6) is 2.28. The van der Waals surface area contributed by atoms with E-state index in [1.165, 1.54) is 5.56 Å². The van der Waals surface area contributed by atoms with E-state index in [-0.39, 0.29) is 0 Å². The van der Waals surface area contributed by atoms with Crippen molar-refractivity contribution < 1.29 is 0 Å². The number of halogens is 1. The monoisotopic (exact) mass is 274 g/mol. The van der Waals surface area contributed by atoms with Crippen LogP contribution in [0, 0.1) is 6.92 Å². The molecule has 0 atom stereocenters. The molecular formula is C14H15ClN4. The largest absolute Gasteiger partial charge is 0.337 e. The number of alkyl halides is 1. The van der Waals surface area contributed by atoms with Gasteiger partial charge in [-0.1, -0.05) is 12.1 Å². The first-order valence-corrected chi connectivity index (χ1v) is 6.71. The smallest absolute Gasteiger partial charge is 0.128 e. The summed E-state index contributed by atoms with van der Waals surface area (Å²) in [4.78, 5) is 8.97. The average molecular weight is 275 g/mol. The number of hydrogen-bond donors (Lipinski definition) is 0. The van der Waals surface area contributed by atoms with E-state index in [9.17, 15) is 0 Å². The third-order valence-electron chi connectivity index (χ3n) is 3.39. The number of nitrogens with zero attached hydrogens (tertiary/aromatic N) is 4. The quantitative estimate of drug-likeness (QED) is 0.689. The Hall–Kier alpha value is -1.81. The molecule has 0 N–H and O–H groups in total. The van der Waals surface area contributed by atoms with Crippen molar-refractivity contribution in [3.8, 4) is 0 Å². The van der Waals surface area contributed by atoms with E-state index in [1.807, 2.05) is 36.1 Å². The molecule has 0 amide bonds. The van der Waals surface area contributed by atoms with E-state index in [2.05, 4.69) is 27.5 Å². The van der Waals surface area contributed by atoms with Crippen LogP contribution >= 0.6 is 11.6 Å². The van der Waals surface area contributed by atoms with Crippen molar-refractivity contribution in [3.63, 3.8) is 0 Å². The van der Waals surface area contributed by atoms with Gasteiger partial charge in [0.25, 0.3) is 0 Å². The second-order valence-electron chi connectivity index (χ2n) is 4.64. The van der Waals surface area contributed by atoms with Crippen molar-refractivity contribution >= 4 is 22.6 Å². The van der Waals surface area contributed by atoms with Gasteiger partial charge in [0.2, 0.25) is 0 Å². The number of imidazole rings is 2. The van der Waals surface area contributed by atoms with Crippen LogP contribution in [0.15, 0.2) is 30.6 Å². The zero-order valence-corrected chi connectivity index (χ0v) is 11.7. The zero-order chi connectivity index (χ0) is 13.4. The first kappa shape index (κ1) is 12.2. The van der Waals surface area contributed by atoms with Crippen LogP contribution in [0.3, 0.4) is 0 Å². The zero-order valence-electron chi connectivity index (χ0n) is 11.0. The van der Waals surface area contributed by atoms with E-state index in [4.69, 9.17) is 11.6 Å². The summed E-state index contributed by atoms with van der Waals surface area (Å²) in [5.41, 5.74) is 3.33. The summed E-state index contributed by atoms with van der Waals surface area (Å²) < 4.78 is 4.17. The maximum atomic E-state index is 6.03. The van der Waals surface area contributed by atoms with Crippen LogP contribution < -0.4 is 0 Å². The molecule has 3 rings (SSSR count). The molecule has 2 heterocycles. The first-order chi connectivity index (χ1) is 9.20. The third kappa shape index (κ3) is 2.02. The lowest BCUT2D eigenvalue weighted by Crippen LogP contribution is -2.09. The van der Waals surface area contributed by atoms with Crippen LogP contribution in [0.1, 0.15) is 17.2 Å². The highest BCUT2D eigenvalue weighted by Gasteiger charge is 2.13. The van der Waals surface area contributed by atoms with Crippen molar-refractivity contribution in [2.75, 3.05) is 0 Å². The summed E-state index contributed by atoms with van der Waals surface area (Å²) in [5, 5.41) is 0. The molecule has 19 heavy (non-hydrogen) atoms. The molecule has 1 aromatic carbocycles. The third-order valence-corrected chi connectivity index (χ3v) is 3.63. The molecule has 0 radical (unpaired) electrons. The minimum absolute atomic E-state index is 0.401. The van der Waals surface area contributed by atoms with Crippen molar-refractivity contribution in [1.29, 1.82) is 0 Å². The number of fused-ring (bicyclic) bond motifs is 1. The molecule has 0 fully saturated rings. The summed E-state index contributed by atoms with van der Waals surface area (Å²) >= 11 is 6.03. The molecule has 98 valence electrons. The highest BCUT2D eigenvalue weighted by Crippen LogP contribution is 2.22. The van der Waals surface area contributed by atoms with Gasteiger partial charge in [0, 0.05) is 19.4 Å². The topological polar surface area (TPSA) is 35.6 Å². The van der Waals surface area contributed by atoms with Crippen LogP contribution in [0.2, 0.25) is 0 Å². The molecule has 0 bridgehead atoms. The number of benzene rings is 1. The summed E-state index contributed by atoms with van der Waals surface area (Å²) in [6.45, 7) is 2.78. The standard InChI is InChI=1S/C14H15ClN4/c1-10-4-3-5-11-14(10)19(12(8-15)17-11)9-13-16-6-7-18(13)2/h3-7H,8-9H2,1-2H3. The fourth-order valence-corrected chi connectivity index (χ4v) is 2.58. The minimum Gasteiger partial charge on any atom is -0.337 e. The van der Waals surface area contributed by atoms with Gasteiger partial charge in [-0.15, -0.1) is 11.6 Å². The molecule has 0 saturated carbocycles. The number of para-hydroxylation sites is 1. The number of hydrogen-bond acceptors (Lipinski definition) is 2. The van der Waals surface area contributed by atoms with E-state index in [0.717, 1.165) is 22.7 Å². The van der Waals surface area contributed by atoms with Crippen LogP contribution in [0.5, 0.6) is 0 Å². The van der Waals surface area contributed by atoms with Crippen LogP contribution in [0.25, 0.3) is 11.0 Å². The highest BCUT2D eigenvalue weighted by molar-refractivity contribution is 6.16. The predicted molar refractivity (Wildman–Crippen MR) is 76.3 cm³/mol. The maximum absolute atomic E-state index is 6.03. The fourth-order valence-electron chi connectivity index (χ4n) is 2.38. The molecule has 3 aromatic rings. The normalized spacial score (nSPS) is 11.3. The average Bonchev–Trinajstić information content (AvgIpc) is 2.96. The molecular weight excluding hydrogens is 260 g/mol. The SMILES string of the molecule is Cc1cccc2nc(CCl)n(Cc3nccn3C)c12. The highest BCUT2D eigenvalue weighted by atomic mass is 35.5. The van der Waals surface area contributed by atoms with E-state index >= 15 is 0 Å². The molecule has 0 unspecified atom stereocenters. The van der Waals surface area contributed by atoms with Gasteiger partial charge in [-0.05, 0) is 18.6 Å². The van der Waals surface area contributed by atoms with E-state index in [1.54, 1.807) is 0 Å². The molecule has 0 aliphatic rings. The van der Waals surface area contributed by atoms with Crippen molar-refractivity contribution in [1.82, 2.24) is 19.1 Å². The van der Waals surface area contributed by atoms with Crippen molar-refractivity contribution in [2.45, 2.75) is 19.3 Å². The molecule has 0 spiro atoms. The van der Waals surface area contributed by atoms with E-state index < -0.39 is 0 Å². The van der Waals surface area contributed by atoms with Gasteiger partial charge in [0.05, 0.1) is 23.5 Å². The second kappa shape index (κ2) is 4.70. The Kier molecular flexibility index (Phi) is 3.03. The molecule has 5 heteroatoms. The van der Waals surface area contributed by atoms with E-state index in [0.29, 0.717) is 12.4 Å². The van der Waals surface area contributed by atoms with Gasteiger partial charge in [0.1, 0.15) is 11.6 Å². The number of aromatic nitrogens is 4. The molecule has 4 nitrogen and oxygen atoms in total. The van der Waals surface area contributed by atoms with Gasteiger partial charge >= 0.3 is 0 Å². The lowest BCUT2D eigenvalue weighted by molar-refractivity contribution is 0.692. The van der Waals surface area contributed by atoms with Gasteiger partial charge in [-0.25, -0.2) is 9.97 Å². The Bertz CT molecular complexity index is 726. The molecule has 2 aromatic heterocycles. The Labute approximate surface area is 116 Å². The van der Waals surface area contributed by atoms with Gasteiger partial charge in [-0.3, -0.25) is 0 Å². The Balaban J connectivity index is 2.18. The van der Waals surface area contributed by atoms with Gasteiger partial charge < -0.3 is 9.13 Å². The summed E-state index contributed by atoms with van der Waals surface area (Å²) in [6.07, 6.45) is 3.75. The minimum atomic E-state index is 0.401. The fraction of sp³-hybridized carbons (Fsp3) is 0.286. The summed E-state index contributed by atoms with van der Waals surface area (Å²) in [6, 6.07) is 6.14. The van der Waals surface area contributed by atoms with Crippen LogP contribution in [-0.4, -0.2) is 19.1 Å². The van der Waals surface area contributed by atoms with Crippen molar-refractivity contribution in [3.05, 3.63) is 47.8 Å². The first-order valence-electron chi connectivity index (χ1n) is 6.17. The molecule has 0 aliphatic heterocycles. The maximum Gasteiger partial charge on any atom is 0.128 e. The lowest BCUT2D eigenvalue weighted by atomic mass is 10.2. The van der Waals surface area contributed by atoms with Gasteiger partial charge in [0.15, 0.2) is 0 Å². The Morgan fingerprint density at radius 1 is 1.26 bits per heavy atom. The number of aryl methyl sites for hydroxylation is 2.